The average molecular weight is 245 g/mol. The molecule has 2 unspecified atom stereocenters. The van der Waals surface area contributed by atoms with E-state index in [-0.39, 0.29) is 12.1 Å². The summed E-state index contributed by atoms with van der Waals surface area (Å²) in [6, 6.07) is -0.113. The van der Waals surface area contributed by atoms with E-state index in [1.165, 1.54) is 12.8 Å². The number of nitrogens with one attached hydrogen (secondary N) is 1. The van der Waals surface area contributed by atoms with Crippen LogP contribution in [0.1, 0.15) is 24.6 Å². The molecule has 90 valence electrons. The van der Waals surface area contributed by atoms with Gasteiger partial charge in [0.2, 0.25) is 0 Å². The standard InChI is InChI=1S/C10H17ClN4O/c1-15-9(7(11)5-13-15)8(14-12)10(16-2)6-3-4-6/h5-6,8,10,14H,3-4,12H2,1-2H3. The fourth-order valence-electron chi connectivity index (χ4n) is 2.12. The number of hydrogen-bond acceptors (Lipinski definition) is 4. The zero-order chi connectivity index (χ0) is 11.7. The highest BCUT2D eigenvalue weighted by Crippen LogP contribution is 2.40. The van der Waals surface area contributed by atoms with Crippen LogP contribution in [0.15, 0.2) is 6.20 Å². The van der Waals surface area contributed by atoms with Gasteiger partial charge in [-0.05, 0) is 18.8 Å². The van der Waals surface area contributed by atoms with Gasteiger partial charge in [-0.2, -0.15) is 5.10 Å². The minimum absolute atomic E-state index is 0.0536. The molecule has 1 saturated carbocycles. The third-order valence-corrected chi connectivity index (χ3v) is 3.39. The summed E-state index contributed by atoms with van der Waals surface area (Å²) >= 11 is 6.11. The summed E-state index contributed by atoms with van der Waals surface area (Å²) in [7, 11) is 3.56. The van der Waals surface area contributed by atoms with Crippen LogP contribution in [-0.4, -0.2) is 23.0 Å². The van der Waals surface area contributed by atoms with Crippen LogP contribution < -0.4 is 11.3 Å². The number of aromatic nitrogens is 2. The predicted molar refractivity (Wildman–Crippen MR) is 61.8 cm³/mol. The normalized spacial score (nSPS) is 19.8. The summed E-state index contributed by atoms with van der Waals surface area (Å²) in [5.41, 5.74) is 3.67. The summed E-state index contributed by atoms with van der Waals surface area (Å²) < 4.78 is 7.26. The van der Waals surface area contributed by atoms with Crippen molar-refractivity contribution in [1.82, 2.24) is 15.2 Å². The quantitative estimate of drug-likeness (QED) is 0.599. The Morgan fingerprint density at radius 2 is 2.38 bits per heavy atom. The molecule has 0 saturated heterocycles. The number of halogens is 1. The van der Waals surface area contributed by atoms with Gasteiger partial charge >= 0.3 is 0 Å². The maximum absolute atomic E-state index is 6.11. The fraction of sp³-hybridized carbons (Fsp3) is 0.700. The van der Waals surface area contributed by atoms with Crippen molar-refractivity contribution >= 4 is 11.6 Å². The van der Waals surface area contributed by atoms with Crippen LogP contribution in [-0.2, 0) is 11.8 Å². The summed E-state index contributed by atoms with van der Waals surface area (Å²) in [4.78, 5) is 0. The Hall–Kier alpha value is -0.620. The Morgan fingerprint density at radius 3 is 2.75 bits per heavy atom. The van der Waals surface area contributed by atoms with E-state index in [1.807, 2.05) is 7.05 Å². The summed E-state index contributed by atoms with van der Waals surface area (Å²) in [6.07, 6.45) is 4.05. The number of aryl methyl sites for hydroxylation is 1. The average Bonchev–Trinajstić information content (AvgIpc) is 3.05. The van der Waals surface area contributed by atoms with Crippen molar-refractivity contribution < 1.29 is 4.74 Å². The fourth-order valence-corrected chi connectivity index (χ4v) is 2.41. The van der Waals surface area contributed by atoms with Gasteiger partial charge in [-0.3, -0.25) is 10.5 Å². The Labute approximate surface area is 99.9 Å². The van der Waals surface area contributed by atoms with Gasteiger partial charge < -0.3 is 4.74 Å². The van der Waals surface area contributed by atoms with Crippen molar-refractivity contribution in [2.24, 2.45) is 18.8 Å². The van der Waals surface area contributed by atoms with Crippen LogP contribution in [0.4, 0.5) is 0 Å². The van der Waals surface area contributed by atoms with Crippen molar-refractivity contribution in [3.05, 3.63) is 16.9 Å². The zero-order valence-corrected chi connectivity index (χ0v) is 10.2. The molecule has 2 rings (SSSR count). The number of hydrazine groups is 1. The predicted octanol–water partition coefficient (Wildman–Crippen LogP) is 1.00. The van der Waals surface area contributed by atoms with Crippen LogP contribution in [0.3, 0.4) is 0 Å². The highest BCUT2D eigenvalue weighted by atomic mass is 35.5. The summed E-state index contributed by atoms with van der Waals surface area (Å²) in [5, 5.41) is 4.73. The van der Waals surface area contributed by atoms with E-state index in [1.54, 1.807) is 18.0 Å². The molecular formula is C10H17ClN4O. The Kier molecular flexibility index (Phi) is 3.49. The topological polar surface area (TPSA) is 65.1 Å². The molecule has 2 atom stereocenters. The molecule has 1 aromatic rings. The second-order valence-electron chi connectivity index (χ2n) is 4.18. The van der Waals surface area contributed by atoms with Gasteiger partial charge in [-0.15, -0.1) is 0 Å². The SMILES string of the molecule is COC(C1CC1)C(NN)c1c(Cl)cnn1C. The molecule has 1 heterocycles. The first-order valence-electron chi connectivity index (χ1n) is 5.35. The van der Waals surface area contributed by atoms with Crippen LogP contribution in [0.5, 0.6) is 0 Å². The van der Waals surface area contributed by atoms with Crippen molar-refractivity contribution in [1.29, 1.82) is 0 Å². The Bertz CT molecular complexity index is 344. The van der Waals surface area contributed by atoms with Gasteiger partial charge in [0.05, 0.1) is 29.1 Å². The van der Waals surface area contributed by atoms with Gasteiger partial charge in [0.25, 0.3) is 0 Å². The van der Waals surface area contributed by atoms with Crippen LogP contribution in [0, 0.1) is 5.92 Å². The number of rotatable bonds is 5. The zero-order valence-electron chi connectivity index (χ0n) is 9.48. The molecule has 0 spiro atoms. The lowest BCUT2D eigenvalue weighted by Gasteiger charge is -2.25. The second kappa shape index (κ2) is 4.71. The molecule has 1 fully saturated rings. The Balaban J connectivity index is 2.27. The number of nitrogens with two attached hydrogens (primary N) is 1. The maximum atomic E-state index is 6.11. The van der Waals surface area contributed by atoms with Crippen LogP contribution in [0.25, 0.3) is 0 Å². The molecular weight excluding hydrogens is 228 g/mol. The van der Waals surface area contributed by atoms with Crippen molar-refractivity contribution in [3.63, 3.8) is 0 Å². The first-order valence-corrected chi connectivity index (χ1v) is 5.73. The van der Waals surface area contributed by atoms with Gasteiger partial charge in [-0.1, -0.05) is 11.6 Å². The van der Waals surface area contributed by atoms with Gasteiger partial charge in [0.1, 0.15) is 0 Å². The molecule has 0 bridgehead atoms. The van der Waals surface area contributed by atoms with E-state index in [9.17, 15) is 0 Å². The van der Waals surface area contributed by atoms with E-state index in [2.05, 4.69) is 10.5 Å². The number of nitrogens with zero attached hydrogens (tertiary/aromatic N) is 2. The van der Waals surface area contributed by atoms with Crippen molar-refractivity contribution in [2.45, 2.75) is 25.0 Å². The Morgan fingerprint density at radius 1 is 1.69 bits per heavy atom. The highest BCUT2D eigenvalue weighted by Gasteiger charge is 2.39. The van der Waals surface area contributed by atoms with Crippen molar-refractivity contribution in [3.8, 4) is 0 Å². The monoisotopic (exact) mass is 244 g/mol. The number of ether oxygens (including phenoxy) is 1. The summed E-state index contributed by atoms with van der Waals surface area (Å²) in [6.45, 7) is 0. The van der Waals surface area contributed by atoms with Crippen LogP contribution >= 0.6 is 11.6 Å². The number of methoxy groups -OCH3 is 1. The molecule has 5 nitrogen and oxygen atoms in total. The first kappa shape index (κ1) is 11.9. The molecule has 3 N–H and O–H groups in total. The van der Waals surface area contributed by atoms with E-state index in [4.69, 9.17) is 22.2 Å². The second-order valence-corrected chi connectivity index (χ2v) is 4.59. The largest absolute Gasteiger partial charge is 0.379 e. The van der Waals surface area contributed by atoms with E-state index >= 15 is 0 Å². The smallest absolute Gasteiger partial charge is 0.0907 e. The lowest BCUT2D eigenvalue weighted by Crippen LogP contribution is -2.40. The van der Waals surface area contributed by atoms with Crippen molar-refractivity contribution in [2.75, 3.05) is 7.11 Å². The molecule has 1 aliphatic carbocycles. The minimum atomic E-state index is -0.113. The lowest BCUT2D eigenvalue weighted by atomic mass is 10.0. The van der Waals surface area contributed by atoms with Gasteiger partial charge in [0, 0.05) is 14.2 Å². The molecule has 1 aromatic heterocycles. The highest BCUT2D eigenvalue weighted by molar-refractivity contribution is 6.31. The molecule has 6 heteroatoms. The third-order valence-electron chi connectivity index (χ3n) is 3.10. The molecule has 0 amide bonds. The first-order chi connectivity index (χ1) is 7.69. The maximum Gasteiger partial charge on any atom is 0.0907 e. The molecule has 0 radical (unpaired) electrons. The molecule has 16 heavy (non-hydrogen) atoms. The van der Waals surface area contributed by atoms with Gasteiger partial charge in [0.15, 0.2) is 0 Å². The van der Waals surface area contributed by atoms with Crippen LogP contribution in [0.2, 0.25) is 5.02 Å². The summed E-state index contributed by atoms with van der Waals surface area (Å²) in [5.74, 6) is 6.18. The molecule has 0 aliphatic heterocycles. The van der Waals surface area contributed by atoms with E-state index in [0.29, 0.717) is 10.9 Å². The van der Waals surface area contributed by atoms with Gasteiger partial charge in [-0.25, -0.2) is 5.43 Å². The molecule has 1 aliphatic rings. The molecule has 0 aromatic carbocycles. The third kappa shape index (κ3) is 2.08. The van der Waals surface area contributed by atoms with E-state index in [0.717, 1.165) is 5.69 Å². The van der Waals surface area contributed by atoms with E-state index < -0.39 is 0 Å². The lowest BCUT2D eigenvalue weighted by molar-refractivity contribution is 0.0483. The number of hydrogen-bond donors (Lipinski definition) is 2. The minimum Gasteiger partial charge on any atom is -0.379 e.